The van der Waals surface area contributed by atoms with E-state index in [4.69, 9.17) is 4.84 Å². The summed E-state index contributed by atoms with van der Waals surface area (Å²) in [5.74, 6) is -0.197. The fraction of sp³-hybridized carbons (Fsp3) is 0.333. The van der Waals surface area contributed by atoms with Crippen LogP contribution in [0.4, 0.5) is 4.39 Å². The maximum Gasteiger partial charge on any atom is 0.123 e. The molecule has 0 bridgehead atoms. The second-order valence-corrected chi connectivity index (χ2v) is 2.86. The van der Waals surface area contributed by atoms with Crippen molar-refractivity contribution >= 4 is 0 Å². The number of halogens is 1. The molecule has 1 heterocycles. The summed E-state index contributed by atoms with van der Waals surface area (Å²) in [4.78, 5) is 5.00. The Bertz CT molecular complexity index is 254. The summed E-state index contributed by atoms with van der Waals surface area (Å²) >= 11 is 0. The quantitative estimate of drug-likeness (QED) is 0.688. The van der Waals surface area contributed by atoms with E-state index in [1.807, 2.05) is 0 Å². The highest BCUT2D eigenvalue weighted by Crippen LogP contribution is 2.20. The molecule has 2 nitrogen and oxygen atoms in total. The third-order valence-electron chi connectivity index (χ3n) is 2.01. The second kappa shape index (κ2) is 3.21. The van der Waals surface area contributed by atoms with Crippen LogP contribution in [0.15, 0.2) is 24.3 Å². The summed E-state index contributed by atoms with van der Waals surface area (Å²) in [6.07, 6.45) is 0.950. The van der Waals surface area contributed by atoms with Crippen LogP contribution < -0.4 is 5.48 Å². The molecule has 1 aromatic rings. The smallest absolute Gasteiger partial charge is 0.123 e. The highest BCUT2D eigenvalue weighted by Gasteiger charge is 2.16. The predicted octanol–water partition coefficient (Wildman–Crippen LogP) is 1.79. The number of nitrogens with one attached hydrogen (secondary N) is 1. The minimum absolute atomic E-state index is 0.197. The molecule has 0 aliphatic carbocycles. The molecule has 1 saturated heterocycles. The van der Waals surface area contributed by atoms with Gasteiger partial charge in [-0.05, 0) is 24.1 Å². The van der Waals surface area contributed by atoms with E-state index in [0.29, 0.717) is 0 Å². The van der Waals surface area contributed by atoms with Crippen LogP contribution in [-0.2, 0) is 4.84 Å². The van der Waals surface area contributed by atoms with E-state index in [1.54, 1.807) is 12.1 Å². The molecule has 1 aliphatic rings. The van der Waals surface area contributed by atoms with Crippen molar-refractivity contribution < 1.29 is 9.23 Å². The van der Waals surface area contributed by atoms with Gasteiger partial charge in [0.1, 0.15) is 5.82 Å². The van der Waals surface area contributed by atoms with Crippen LogP contribution >= 0.6 is 0 Å². The minimum atomic E-state index is -0.197. The standard InChI is InChI=1S/C9H10FNO/c10-8-3-1-7(2-4-8)9-5-6-12-11-9/h1-4,9,11H,5-6H2/t9-/m1/s1. The van der Waals surface area contributed by atoms with Crippen LogP contribution in [0.2, 0.25) is 0 Å². The zero-order chi connectivity index (χ0) is 8.39. The summed E-state index contributed by atoms with van der Waals surface area (Å²) < 4.78 is 12.5. The van der Waals surface area contributed by atoms with Gasteiger partial charge in [0.15, 0.2) is 0 Å². The minimum Gasteiger partial charge on any atom is -0.301 e. The fourth-order valence-corrected chi connectivity index (χ4v) is 1.33. The third-order valence-corrected chi connectivity index (χ3v) is 2.01. The first-order valence-electron chi connectivity index (χ1n) is 3.99. The number of hydroxylamine groups is 1. The van der Waals surface area contributed by atoms with Gasteiger partial charge in [-0.2, -0.15) is 5.48 Å². The van der Waals surface area contributed by atoms with E-state index in [9.17, 15) is 4.39 Å². The highest BCUT2D eigenvalue weighted by atomic mass is 19.1. The number of hydrogen-bond acceptors (Lipinski definition) is 2. The molecular formula is C9H10FNO. The predicted molar refractivity (Wildman–Crippen MR) is 42.8 cm³/mol. The van der Waals surface area contributed by atoms with E-state index in [2.05, 4.69) is 5.48 Å². The molecule has 0 spiro atoms. The van der Waals surface area contributed by atoms with Gasteiger partial charge in [0, 0.05) is 0 Å². The second-order valence-electron chi connectivity index (χ2n) is 2.86. The van der Waals surface area contributed by atoms with Crippen LogP contribution in [0.5, 0.6) is 0 Å². The number of hydrogen-bond donors (Lipinski definition) is 1. The first-order valence-corrected chi connectivity index (χ1v) is 3.99. The van der Waals surface area contributed by atoms with Crippen LogP contribution in [0.25, 0.3) is 0 Å². The van der Waals surface area contributed by atoms with Crippen LogP contribution in [0, 0.1) is 5.82 Å². The van der Waals surface area contributed by atoms with E-state index >= 15 is 0 Å². The van der Waals surface area contributed by atoms with Gasteiger partial charge in [-0.1, -0.05) is 12.1 Å². The van der Waals surface area contributed by atoms with E-state index in [1.165, 1.54) is 12.1 Å². The molecule has 0 aromatic heterocycles. The monoisotopic (exact) mass is 167 g/mol. The molecule has 64 valence electrons. The molecule has 0 amide bonds. The zero-order valence-corrected chi connectivity index (χ0v) is 6.59. The van der Waals surface area contributed by atoms with Crippen molar-refractivity contribution in [3.8, 4) is 0 Å². The van der Waals surface area contributed by atoms with Crippen LogP contribution in [-0.4, -0.2) is 6.61 Å². The van der Waals surface area contributed by atoms with Gasteiger partial charge >= 0.3 is 0 Å². The lowest BCUT2D eigenvalue weighted by molar-refractivity contribution is 0.0883. The van der Waals surface area contributed by atoms with Crippen molar-refractivity contribution in [2.75, 3.05) is 6.61 Å². The van der Waals surface area contributed by atoms with Gasteiger partial charge in [-0.25, -0.2) is 4.39 Å². The van der Waals surface area contributed by atoms with Gasteiger partial charge < -0.3 is 4.84 Å². The summed E-state index contributed by atoms with van der Waals surface area (Å²) in [5.41, 5.74) is 3.95. The van der Waals surface area contributed by atoms with Crippen LogP contribution in [0.1, 0.15) is 18.0 Å². The Hall–Kier alpha value is -0.930. The van der Waals surface area contributed by atoms with E-state index in [-0.39, 0.29) is 11.9 Å². The molecule has 0 unspecified atom stereocenters. The molecule has 0 saturated carbocycles. The largest absolute Gasteiger partial charge is 0.301 e. The first-order chi connectivity index (χ1) is 5.86. The molecule has 2 rings (SSSR count). The molecule has 0 radical (unpaired) electrons. The lowest BCUT2D eigenvalue weighted by atomic mass is 10.1. The van der Waals surface area contributed by atoms with Gasteiger partial charge in [0.05, 0.1) is 12.6 Å². The molecule has 1 fully saturated rings. The Morgan fingerprint density at radius 3 is 2.67 bits per heavy atom. The normalized spacial score (nSPS) is 22.9. The summed E-state index contributed by atoms with van der Waals surface area (Å²) in [6, 6.07) is 6.72. The topological polar surface area (TPSA) is 21.3 Å². The highest BCUT2D eigenvalue weighted by molar-refractivity contribution is 5.19. The van der Waals surface area contributed by atoms with E-state index in [0.717, 1.165) is 18.6 Å². The molecule has 1 atom stereocenters. The molecule has 1 aliphatic heterocycles. The zero-order valence-electron chi connectivity index (χ0n) is 6.59. The van der Waals surface area contributed by atoms with Crippen molar-refractivity contribution in [3.63, 3.8) is 0 Å². The summed E-state index contributed by atoms with van der Waals surface area (Å²) in [6.45, 7) is 0.724. The third kappa shape index (κ3) is 1.47. The van der Waals surface area contributed by atoms with Gasteiger partial charge in [0.25, 0.3) is 0 Å². The van der Waals surface area contributed by atoms with Gasteiger partial charge in [-0.15, -0.1) is 0 Å². The summed E-state index contributed by atoms with van der Waals surface area (Å²) in [7, 11) is 0. The number of benzene rings is 1. The fourth-order valence-electron chi connectivity index (χ4n) is 1.33. The molecule has 3 heteroatoms. The van der Waals surface area contributed by atoms with Crippen molar-refractivity contribution in [1.29, 1.82) is 0 Å². The molecule has 1 N–H and O–H groups in total. The lowest BCUT2D eigenvalue weighted by Crippen LogP contribution is -2.11. The maximum atomic E-state index is 12.5. The average Bonchev–Trinajstić information content (AvgIpc) is 2.58. The van der Waals surface area contributed by atoms with Gasteiger partial charge in [0.2, 0.25) is 0 Å². The Morgan fingerprint density at radius 2 is 2.08 bits per heavy atom. The van der Waals surface area contributed by atoms with Crippen molar-refractivity contribution in [2.24, 2.45) is 0 Å². The SMILES string of the molecule is Fc1ccc([C@H]2CCON2)cc1. The van der Waals surface area contributed by atoms with Crippen LogP contribution in [0.3, 0.4) is 0 Å². The maximum absolute atomic E-state index is 12.5. The summed E-state index contributed by atoms with van der Waals surface area (Å²) in [5, 5.41) is 0. The Morgan fingerprint density at radius 1 is 1.33 bits per heavy atom. The van der Waals surface area contributed by atoms with Crippen molar-refractivity contribution in [1.82, 2.24) is 5.48 Å². The molecule has 1 aromatic carbocycles. The van der Waals surface area contributed by atoms with Crippen molar-refractivity contribution in [3.05, 3.63) is 35.6 Å². The first kappa shape index (κ1) is 7.71. The van der Waals surface area contributed by atoms with Crippen molar-refractivity contribution in [2.45, 2.75) is 12.5 Å². The Kier molecular flexibility index (Phi) is 2.06. The number of rotatable bonds is 1. The Labute approximate surface area is 70.3 Å². The lowest BCUT2D eigenvalue weighted by Gasteiger charge is -2.07. The average molecular weight is 167 g/mol. The molecular weight excluding hydrogens is 157 g/mol. The van der Waals surface area contributed by atoms with Gasteiger partial charge in [-0.3, -0.25) is 0 Å². The Balaban J connectivity index is 2.17. The molecule has 12 heavy (non-hydrogen) atoms. The van der Waals surface area contributed by atoms with E-state index < -0.39 is 0 Å².